The standard InChI is InChI=1S/C21H17ClN4O/c1-12-4-3-5-18(24-12)14-7-8-15(17(22)10-14)13-6-9-16-19(11-13)25-26-20(16)21(27)23-2/h3-11H,1-2H3,(H,23,27)(H,25,26). The molecule has 4 aromatic rings. The van der Waals surface area contributed by atoms with E-state index in [-0.39, 0.29) is 5.91 Å². The van der Waals surface area contributed by atoms with Crippen LogP contribution < -0.4 is 5.32 Å². The summed E-state index contributed by atoms with van der Waals surface area (Å²) < 4.78 is 0. The molecule has 6 heteroatoms. The predicted octanol–water partition coefficient (Wildman–Crippen LogP) is 4.61. The van der Waals surface area contributed by atoms with Crippen LogP contribution in [0.4, 0.5) is 0 Å². The lowest BCUT2D eigenvalue weighted by Gasteiger charge is -2.08. The van der Waals surface area contributed by atoms with Crippen molar-refractivity contribution in [2.75, 3.05) is 7.05 Å². The number of rotatable bonds is 3. The first kappa shape index (κ1) is 17.2. The molecule has 134 valence electrons. The number of carbonyl (C=O) groups is 1. The summed E-state index contributed by atoms with van der Waals surface area (Å²) in [5.74, 6) is -0.220. The minimum absolute atomic E-state index is 0.220. The highest BCUT2D eigenvalue weighted by atomic mass is 35.5. The number of benzene rings is 2. The van der Waals surface area contributed by atoms with Crippen LogP contribution in [0.5, 0.6) is 0 Å². The topological polar surface area (TPSA) is 70.7 Å². The summed E-state index contributed by atoms with van der Waals surface area (Å²) >= 11 is 6.57. The maximum absolute atomic E-state index is 11.9. The Hall–Kier alpha value is -3.18. The van der Waals surface area contributed by atoms with Gasteiger partial charge < -0.3 is 5.32 Å². The predicted molar refractivity (Wildman–Crippen MR) is 108 cm³/mol. The van der Waals surface area contributed by atoms with Gasteiger partial charge in [-0.05, 0) is 42.8 Å². The van der Waals surface area contributed by atoms with Gasteiger partial charge in [0.05, 0.1) is 11.2 Å². The van der Waals surface area contributed by atoms with Crippen LogP contribution in [-0.2, 0) is 0 Å². The largest absolute Gasteiger partial charge is 0.354 e. The maximum atomic E-state index is 11.9. The molecule has 0 fully saturated rings. The summed E-state index contributed by atoms with van der Waals surface area (Å²) in [5, 5.41) is 11.0. The molecule has 0 atom stereocenters. The second-order valence-electron chi connectivity index (χ2n) is 6.27. The lowest BCUT2D eigenvalue weighted by Crippen LogP contribution is -2.18. The van der Waals surface area contributed by atoms with Gasteiger partial charge in [-0.3, -0.25) is 14.9 Å². The Morgan fingerprint density at radius 2 is 1.89 bits per heavy atom. The van der Waals surface area contributed by atoms with E-state index in [0.29, 0.717) is 10.7 Å². The Balaban J connectivity index is 1.74. The number of amides is 1. The highest BCUT2D eigenvalue weighted by Crippen LogP contribution is 2.33. The van der Waals surface area contributed by atoms with E-state index in [1.54, 1.807) is 7.05 Å². The van der Waals surface area contributed by atoms with E-state index in [2.05, 4.69) is 20.5 Å². The van der Waals surface area contributed by atoms with Crippen molar-refractivity contribution < 1.29 is 4.79 Å². The minimum atomic E-state index is -0.220. The zero-order valence-electron chi connectivity index (χ0n) is 14.9. The Kier molecular flexibility index (Phi) is 4.38. The molecule has 0 saturated heterocycles. The van der Waals surface area contributed by atoms with E-state index in [0.717, 1.165) is 39.0 Å². The van der Waals surface area contributed by atoms with Gasteiger partial charge in [0.25, 0.3) is 5.91 Å². The molecule has 0 saturated carbocycles. The molecule has 2 heterocycles. The molecule has 27 heavy (non-hydrogen) atoms. The fourth-order valence-electron chi connectivity index (χ4n) is 3.09. The van der Waals surface area contributed by atoms with Crippen LogP contribution in [-0.4, -0.2) is 28.1 Å². The average Bonchev–Trinajstić information content (AvgIpc) is 3.10. The van der Waals surface area contributed by atoms with Gasteiger partial charge in [0.15, 0.2) is 5.69 Å². The van der Waals surface area contributed by atoms with E-state index in [1.807, 2.05) is 61.5 Å². The number of aromatic nitrogens is 3. The van der Waals surface area contributed by atoms with Crippen molar-refractivity contribution in [3.8, 4) is 22.4 Å². The highest BCUT2D eigenvalue weighted by Gasteiger charge is 2.14. The number of fused-ring (bicyclic) bond motifs is 1. The third kappa shape index (κ3) is 3.17. The number of hydrogen-bond donors (Lipinski definition) is 2. The maximum Gasteiger partial charge on any atom is 0.272 e. The van der Waals surface area contributed by atoms with Crippen LogP contribution >= 0.6 is 11.6 Å². The lowest BCUT2D eigenvalue weighted by atomic mass is 10.0. The van der Waals surface area contributed by atoms with Crippen molar-refractivity contribution in [3.63, 3.8) is 0 Å². The molecule has 0 unspecified atom stereocenters. The number of H-pyrrole nitrogens is 1. The fraction of sp³-hybridized carbons (Fsp3) is 0.0952. The van der Waals surface area contributed by atoms with Crippen LogP contribution in [0.2, 0.25) is 5.02 Å². The molecule has 0 spiro atoms. The molecule has 2 N–H and O–H groups in total. The summed E-state index contributed by atoms with van der Waals surface area (Å²) in [6, 6.07) is 17.6. The quantitative estimate of drug-likeness (QED) is 0.548. The third-order valence-corrected chi connectivity index (χ3v) is 4.78. The first-order chi connectivity index (χ1) is 13.1. The molecule has 2 aromatic carbocycles. The molecular weight excluding hydrogens is 360 g/mol. The lowest BCUT2D eigenvalue weighted by molar-refractivity contribution is 0.0959. The van der Waals surface area contributed by atoms with Gasteiger partial charge in [-0.1, -0.05) is 35.9 Å². The second kappa shape index (κ2) is 6.85. The number of halogens is 1. The van der Waals surface area contributed by atoms with Crippen molar-refractivity contribution in [2.45, 2.75) is 6.92 Å². The van der Waals surface area contributed by atoms with Gasteiger partial charge in [-0.15, -0.1) is 0 Å². The molecular formula is C21H17ClN4O. The summed E-state index contributed by atoms with van der Waals surface area (Å²) in [6.07, 6.45) is 0. The minimum Gasteiger partial charge on any atom is -0.354 e. The Morgan fingerprint density at radius 1 is 1.07 bits per heavy atom. The Morgan fingerprint density at radius 3 is 2.63 bits per heavy atom. The number of pyridine rings is 1. The zero-order chi connectivity index (χ0) is 19.0. The van der Waals surface area contributed by atoms with Crippen LogP contribution in [0, 0.1) is 6.92 Å². The van der Waals surface area contributed by atoms with E-state index in [1.165, 1.54) is 0 Å². The number of aromatic amines is 1. The average molecular weight is 377 g/mol. The van der Waals surface area contributed by atoms with Gasteiger partial charge in [0, 0.05) is 34.3 Å². The van der Waals surface area contributed by atoms with Gasteiger partial charge in [0.1, 0.15) is 0 Å². The van der Waals surface area contributed by atoms with Gasteiger partial charge in [-0.2, -0.15) is 5.10 Å². The van der Waals surface area contributed by atoms with Gasteiger partial charge in [-0.25, -0.2) is 0 Å². The fourth-order valence-corrected chi connectivity index (χ4v) is 3.38. The number of nitrogens with one attached hydrogen (secondary N) is 2. The molecule has 2 aromatic heterocycles. The van der Waals surface area contributed by atoms with E-state index in [9.17, 15) is 4.79 Å². The first-order valence-corrected chi connectivity index (χ1v) is 8.89. The molecule has 0 aliphatic rings. The molecule has 0 radical (unpaired) electrons. The second-order valence-corrected chi connectivity index (χ2v) is 6.68. The normalized spacial score (nSPS) is 10.9. The summed E-state index contributed by atoms with van der Waals surface area (Å²) in [4.78, 5) is 16.4. The van der Waals surface area contributed by atoms with E-state index >= 15 is 0 Å². The molecule has 0 aliphatic heterocycles. The summed E-state index contributed by atoms with van der Waals surface area (Å²) in [7, 11) is 1.58. The molecule has 4 rings (SSSR count). The smallest absolute Gasteiger partial charge is 0.272 e. The Labute approximate surface area is 161 Å². The number of nitrogens with zero attached hydrogens (tertiary/aromatic N) is 2. The van der Waals surface area contributed by atoms with Gasteiger partial charge in [0.2, 0.25) is 0 Å². The first-order valence-electron chi connectivity index (χ1n) is 8.51. The Bertz CT molecular complexity index is 1170. The third-order valence-electron chi connectivity index (χ3n) is 4.47. The molecule has 5 nitrogen and oxygen atoms in total. The van der Waals surface area contributed by atoms with Crippen molar-refractivity contribution in [2.24, 2.45) is 0 Å². The van der Waals surface area contributed by atoms with E-state index in [4.69, 9.17) is 11.6 Å². The monoisotopic (exact) mass is 376 g/mol. The van der Waals surface area contributed by atoms with Crippen LogP contribution in [0.15, 0.2) is 54.6 Å². The van der Waals surface area contributed by atoms with Crippen molar-refractivity contribution in [3.05, 3.63) is 71.0 Å². The molecule has 0 aliphatic carbocycles. The summed E-state index contributed by atoms with van der Waals surface area (Å²) in [6.45, 7) is 1.96. The number of aryl methyl sites for hydroxylation is 1. The zero-order valence-corrected chi connectivity index (χ0v) is 15.6. The van der Waals surface area contributed by atoms with Gasteiger partial charge >= 0.3 is 0 Å². The van der Waals surface area contributed by atoms with E-state index < -0.39 is 0 Å². The van der Waals surface area contributed by atoms with Crippen LogP contribution in [0.3, 0.4) is 0 Å². The molecule has 1 amide bonds. The van der Waals surface area contributed by atoms with Crippen LogP contribution in [0.25, 0.3) is 33.3 Å². The van der Waals surface area contributed by atoms with Crippen molar-refractivity contribution in [1.82, 2.24) is 20.5 Å². The number of hydrogen-bond acceptors (Lipinski definition) is 3. The van der Waals surface area contributed by atoms with Crippen molar-refractivity contribution in [1.29, 1.82) is 0 Å². The molecule has 0 bridgehead atoms. The SMILES string of the molecule is CNC(=O)c1n[nH]c2cc(-c3ccc(-c4cccc(C)n4)cc3Cl)ccc12. The highest BCUT2D eigenvalue weighted by molar-refractivity contribution is 6.33. The summed E-state index contributed by atoms with van der Waals surface area (Å²) in [5.41, 5.74) is 5.84. The van der Waals surface area contributed by atoms with Crippen LogP contribution in [0.1, 0.15) is 16.2 Å². The van der Waals surface area contributed by atoms with Crippen molar-refractivity contribution >= 4 is 28.4 Å². The number of carbonyl (C=O) groups excluding carboxylic acids is 1.